The Labute approximate surface area is 211 Å². The number of rotatable bonds is 9. The fourth-order valence-corrected chi connectivity index (χ4v) is 5.18. The van der Waals surface area contributed by atoms with Gasteiger partial charge in [-0.05, 0) is 22.8 Å². The van der Waals surface area contributed by atoms with Crippen LogP contribution in [0.15, 0.2) is 66.7 Å². The van der Waals surface area contributed by atoms with E-state index < -0.39 is 0 Å². The van der Waals surface area contributed by atoms with E-state index in [1.54, 1.807) is 0 Å². The maximum absolute atomic E-state index is 9.89. The summed E-state index contributed by atoms with van der Waals surface area (Å²) in [6.45, 7) is 2.02. The molecule has 0 aromatic heterocycles. The number of hydrogen-bond acceptors (Lipinski definition) is 5. The zero-order chi connectivity index (χ0) is 24.0. The van der Waals surface area contributed by atoms with Gasteiger partial charge >= 0.3 is 0 Å². The van der Waals surface area contributed by atoms with Crippen molar-refractivity contribution in [2.24, 2.45) is 0 Å². The minimum atomic E-state index is -0.187. The van der Waals surface area contributed by atoms with Crippen molar-refractivity contribution in [3.63, 3.8) is 0 Å². The van der Waals surface area contributed by atoms with Crippen LogP contribution in [0.3, 0.4) is 0 Å². The number of fused-ring (bicyclic) bond motifs is 1. The van der Waals surface area contributed by atoms with Crippen LogP contribution < -0.4 is 4.74 Å². The average Bonchev–Trinajstić information content (AvgIpc) is 3.40. The second-order valence-electron chi connectivity index (χ2n) is 9.14. The molecule has 3 aromatic carbocycles. The van der Waals surface area contributed by atoms with Gasteiger partial charge in [0, 0.05) is 30.4 Å². The van der Waals surface area contributed by atoms with E-state index in [2.05, 4.69) is 24.3 Å². The first-order chi connectivity index (χ1) is 17.2. The Bertz CT molecular complexity index is 1110. The zero-order valence-corrected chi connectivity index (χ0v) is 20.5. The van der Waals surface area contributed by atoms with Gasteiger partial charge in [0.25, 0.3) is 0 Å². The number of ether oxygens (including phenoxy) is 4. The minimum Gasteiger partial charge on any atom is -0.491 e. The van der Waals surface area contributed by atoms with Crippen LogP contribution >= 0.6 is 11.6 Å². The number of aliphatic hydroxyl groups excluding tert-OH is 1. The van der Waals surface area contributed by atoms with Crippen LogP contribution in [0, 0.1) is 0 Å². The number of hydrogen-bond donors (Lipinski definition) is 1. The lowest BCUT2D eigenvalue weighted by molar-refractivity contribution is -0.142. The Morgan fingerprint density at radius 3 is 2.37 bits per heavy atom. The summed E-state index contributed by atoms with van der Waals surface area (Å²) in [6.07, 6.45) is 1.99. The minimum absolute atomic E-state index is 0.0190. The van der Waals surface area contributed by atoms with Crippen molar-refractivity contribution >= 4 is 11.6 Å². The van der Waals surface area contributed by atoms with E-state index in [-0.39, 0.29) is 24.9 Å². The summed E-state index contributed by atoms with van der Waals surface area (Å²) >= 11 is 6.50. The molecular weight excluding hydrogens is 464 g/mol. The molecule has 0 saturated carbocycles. The van der Waals surface area contributed by atoms with Crippen LogP contribution in [0.5, 0.6) is 5.75 Å². The van der Waals surface area contributed by atoms with Gasteiger partial charge in [-0.2, -0.15) is 0 Å². The van der Waals surface area contributed by atoms with E-state index in [4.69, 9.17) is 30.5 Å². The molecule has 0 radical (unpaired) electrons. The normalized spacial score (nSPS) is 21.5. The van der Waals surface area contributed by atoms with Crippen molar-refractivity contribution in [2.45, 2.75) is 57.4 Å². The highest BCUT2D eigenvalue weighted by Gasteiger charge is 2.35. The van der Waals surface area contributed by atoms with Crippen molar-refractivity contribution in [2.75, 3.05) is 13.2 Å². The number of aliphatic hydroxyl groups is 1. The standard InChI is InChI=1S/C29H31ClO5/c30-28-22(16-31)13-26(25-11-12-33-29(25)28)27-15-23(34-18-21-9-5-2-6-10-21)14-24(35-27)19-32-17-20-7-3-1-4-8-20/h1-10,13,23-24,27,31H,11-12,14-19H2. The molecule has 1 N–H and O–H groups in total. The second-order valence-corrected chi connectivity index (χ2v) is 9.52. The molecule has 2 aliphatic rings. The highest BCUT2D eigenvalue weighted by Crippen LogP contribution is 2.44. The van der Waals surface area contributed by atoms with Gasteiger partial charge in [0.2, 0.25) is 0 Å². The zero-order valence-electron chi connectivity index (χ0n) is 19.7. The summed E-state index contributed by atoms with van der Waals surface area (Å²) in [5, 5.41) is 10.4. The van der Waals surface area contributed by atoms with Crippen LogP contribution in [-0.2, 0) is 40.5 Å². The maximum Gasteiger partial charge on any atom is 0.141 e. The maximum atomic E-state index is 9.89. The van der Waals surface area contributed by atoms with Gasteiger partial charge in [-0.3, -0.25) is 0 Å². The van der Waals surface area contributed by atoms with E-state index in [0.717, 1.165) is 41.5 Å². The molecule has 6 heteroatoms. The predicted molar refractivity (Wildman–Crippen MR) is 135 cm³/mol. The Kier molecular flexibility index (Phi) is 8.02. The number of benzene rings is 3. The van der Waals surface area contributed by atoms with E-state index in [9.17, 15) is 5.11 Å². The summed E-state index contributed by atoms with van der Waals surface area (Å²) in [5.74, 6) is 0.682. The fraction of sp³-hybridized carbons (Fsp3) is 0.379. The van der Waals surface area contributed by atoms with Gasteiger partial charge in [0.15, 0.2) is 0 Å². The Morgan fingerprint density at radius 2 is 1.66 bits per heavy atom. The Balaban J connectivity index is 1.33. The van der Waals surface area contributed by atoms with E-state index in [0.29, 0.717) is 42.8 Å². The first-order valence-electron chi connectivity index (χ1n) is 12.2. The first kappa shape index (κ1) is 24.3. The molecule has 2 aliphatic heterocycles. The Hall–Kier alpha value is -2.41. The molecule has 2 heterocycles. The molecule has 1 fully saturated rings. The smallest absolute Gasteiger partial charge is 0.141 e. The molecule has 5 nitrogen and oxygen atoms in total. The topological polar surface area (TPSA) is 57.2 Å². The molecule has 0 aliphatic carbocycles. The largest absolute Gasteiger partial charge is 0.491 e. The molecule has 3 atom stereocenters. The molecule has 35 heavy (non-hydrogen) atoms. The monoisotopic (exact) mass is 494 g/mol. The summed E-state index contributed by atoms with van der Waals surface area (Å²) in [6, 6.07) is 22.3. The van der Waals surface area contributed by atoms with Crippen LogP contribution in [-0.4, -0.2) is 30.5 Å². The predicted octanol–water partition coefficient (Wildman–Crippen LogP) is 5.79. The molecule has 184 valence electrons. The molecule has 5 rings (SSSR count). The molecule has 0 bridgehead atoms. The average molecular weight is 495 g/mol. The van der Waals surface area contributed by atoms with Crippen LogP contribution in [0.25, 0.3) is 0 Å². The van der Waals surface area contributed by atoms with Crippen LogP contribution in [0.2, 0.25) is 5.02 Å². The van der Waals surface area contributed by atoms with Crippen LogP contribution in [0.4, 0.5) is 0 Å². The first-order valence-corrected chi connectivity index (χ1v) is 12.6. The van der Waals surface area contributed by atoms with Gasteiger partial charge in [0.1, 0.15) is 5.75 Å². The van der Waals surface area contributed by atoms with Crippen molar-refractivity contribution in [3.8, 4) is 5.75 Å². The van der Waals surface area contributed by atoms with Crippen molar-refractivity contribution in [3.05, 3.63) is 99.6 Å². The lowest BCUT2D eigenvalue weighted by Crippen LogP contribution is -2.36. The third-order valence-corrected chi connectivity index (χ3v) is 7.07. The van der Waals surface area contributed by atoms with E-state index in [1.165, 1.54) is 0 Å². The molecule has 3 aromatic rings. The highest BCUT2D eigenvalue weighted by atomic mass is 35.5. The molecule has 0 amide bonds. The lowest BCUT2D eigenvalue weighted by Gasteiger charge is -2.36. The van der Waals surface area contributed by atoms with Gasteiger partial charge in [0.05, 0.1) is 56.4 Å². The summed E-state index contributed by atoms with van der Waals surface area (Å²) in [5.41, 5.74) is 5.06. The van der Waals surface area contributed by atoms with Crippen LogP contribution in [0.1, 0.15) is 46.8 Å². The lowest BCUT2D eigenvalue weighted by atomic mass is 9.90. The van der Waals surface area contributed by atoms with E-state index >= 15 is 0 Å². The highest BCUT2D eigenvalue weighted by molar-refractivity contribution is 6.33. The van der Waals surface area contributed by atoms with Gasteiger partial charge in [-0.15, -0.1) is 0 Å². The third kappa shape index (κ3) is 5.88. The third-order valence-electron chi connectivity index (χ3n) is 6.65. The fourth-order valence-electron chi connectivity index (χ4n) is 4.90. The molecule has 0 spiro atoms. The molecular formula is C29H31ClO5. The summed E-state index contributed by atoms with van der Waals surface area (Å²) < 4.78 is 24.8. The molecule has 1 saturated heterocycles. The Morgan fingerprint density at radius 1 is 0.943 bits per heavy atom. The molecule has 3 unspecified atom stereocenters. The number of halogens is 1. The second kappa shape index (κ2) is 11.5. The van der Waals surface area contributed by atoms with Gasteiger partial charge in [-0.1, -0.05) is 72.3 Å². The van der Waals surface area contributed by atoms with Crippen molar-refractivity contribution < 1.29 is 24.1 Å². The summed E-state index contributed by atoms with van der Waals surface area (Å²) in [7, 11) is 0. The van der Waals surface area contributed by atoms with Crippen molar-refractivity contribution in [1.82, 2.24) is 0 Å². The van der Waals surface area contributed by atoms with Gasteiger partial charge < -0.3 is 24.1 Å². The van der Waals surface area contributed by atoms with Crippen molar-refractivity contribution in [1.29, 1.82) is 0 Å². The quantitative estimate of drug-likeness (QED) is 0.408. The van der Waals surface area contributed by atoms with E-state index in [1.807, 2.05) is 42.5 Å². The SMILES string of the molecule is OCc1cc(C2CC(OCc3ccccc3)CC(COCc3ccccc3)O2)c2c(c1Cl)OCC2. The summed E-state index contributed by atoms with van der Waals surface area (Å²) in [4.78, 5) is 0. The van der Waals surface area contributed by atoms with Gasteiger partial charge in [-0.25, -0.2) is 0 Å².